The van der Waals surface area contributed by atoms with Gasteiger partial charge in [0.05, 0.1) is 0 Å². The molecule has 5 heteroatoms. The molecule has 0 aliphatic rings. The molecule has 1 N–H and O–H groups in total. The van der Waals surface area contributed by atoms with E-state index in [0.29, 0.717) is 0 Å². The standard InChI is InChI=1S/C12H16N4S/c1-16-7-5-15-12(16)17-8-6-14-10-11-3-2-4-13-9-11/h2-5,7,9,14H,6,8,10H2,1H3. The van der Waals surface area contributed by atoms with Gasteiger partial charge >= 0.3 is 0 Å². The second-order valence-electron chi connectivity index (χ2n) is 3.71. The van der Waals surface area contributed by atoms with Crippen LogP contribution in [0.5, 0.6) is 0 Å². The minimum Gasteiger partial charge on any atom is -0.329 e. The first-order valence-corrected chi connectivity index (χ1v) is 6.54. The van der Waals surface area contributed by atoms with E-state index in [9.17, 15) is 0 Å². The maximum atomic E-state index is 4.26. The Morgan fingerprint density at radius 2 is 2.35 bits per heavy atom. The summed E-state index contributed by atoms with van der Waals surface area (Å²) in [6.45, 7) is 1.83. The first-order chi connectivity index (χ1) is 8.36. The van der Waals surface area contributed by atoms with Crippen molar-refractivity contribution in [3.05, 3.63) is 42.5 Å². The van der Waals surface area contributed by atoms with Gasteiger partial charge in [0.1, 0.15) is 0 Å². The predicted molar refractivity (Wildman–Crippen MR) is 69.9 cm³/mol. The van der Waals surface area contributed by atoms with Crippen LogP contribution in [0.25, 0.3) is 0 Å². The van der Waals surface area contributed by atoms with Crippen LogP contribution in [-0.2, 0) is 13.6 Å². The Balaban J connectivity index is 1.63. The molecule has 0 bridgehead atoms. The zero-order chi connectivity index (χ0) is 11.9. The molecular formula is C12H16N4S. The Morgan fingerprint density at radius 1 is 1.41 bits per heavy atom. The van der Waals surface area contributed by atoms with Gasteiger partial charge in [0.25, 0.3) is 0 Å². The van der Waals surface area contributed by atoms with Gasteiger partial charge in [0, 0.05) is 50.7 Å². The number of pyridine rings is 1. The highest BCUT2D eigenvalue weighted by molar-refractivity contribution is 7.99. The van der Waals surface area contributed by atoms with Crippen LogP contribution in [0.2, 0.25) is 0 Å². The lowest BCUT2D eigenvalue weighted by Gasteiger charge is -2.04. The third kappa shape index (κ3) is 3.87. The van der Waals surface area contributed by atoms with E-state index < -0.39 is 0 Å². The minimum absolute atomic E-state index is 0.870. The number of imidazole rings is 1. The molecular weight excluding hydrogens is 232 g/mol. The van der Waals surface area contributed by atoms with Crippen molar-refractivity contribution in [3.8, 4) is 0 Å². The zero-order valence-corrected chi connectivity index (χ0v) is 10.7. The molecule has 0 aliphatic carbocycles. The normalized spacial score (nSPS) is 10.6. The Labute approximate surface area is 105 Å². The molecule has 4 nitrogen and oxygen atoms in total. The summed E-state index contributed by atoms with van der Waals surface area (Å²) in [6.07, 6.45) is 7.47. The number of hydrogen-bond donors (Lipinski definition) is 1. The van der Waals surface area contributed by atoms with E-state index in [1.807, 2.05) is 36.3 Å². The Bertz CT molecular complexity index is 441. The minimum atomic E-state index is 0.870. The Morgan fingerprint density at radius 3 is 3.06 bits per heavy atom. The van der Waals surface area contributed by atoms with E-state index in [4.69, 9.17) is 0 Å². The molecule has 2 aromatic rings. The van der Waals surface area contributed by atoms with Gasteiger partial charge in [0.2, 0.25) is 0 Å². The van der Waals surface area contributed by atoms with Crippen LogP contribution in [0, 0.1) is 0 Å². The molecule has 0 aromatic carbocycles. The summed E-state index contributed by atoms with van der Waals surface area (Å²) in [7, 11) is 2.01. The summed E-state index contributed by atoms with van der Waals surface area (Å²) in [6, 6.07) is 4.03. The van der Waals surface area contributed by atoms with E-state index in [1.54, 1.807) is 18.0 Å². The van der Waals surface area contributed by atoms with Gasteiger partial charge in [-0.1, -0.05) is 17.8 Å². The highest BCUT2D eigenvalue weighted by atomic mass is 32.2. The van der Waals surface area contributed by atoms with Crippen molar-refractivity contribution in [3.63, 3.8) is 0 Å². The number of aryl methyl sites for hydroxylation is 1. The largest absolute Gasteiger partial charge is 0.329 e. The molecule has 0 atom stereocenters. The lowest BCUT2D eigenvalue weighted by atomic mass is 10.3. The van der Waals surface area contributed by atoms with Gasteiger partial charge in [-0.15, -0.1) is 0 Å². The van der Waals surface area contributed by atoms with Crippen molar-refractivity contribution < 1.29 is 0 Å². The molecule has 2 rings (SSSR count). The maximum Gasteiger partial charge on any atom is 0.167 e. The second-order valence-corrected chi connectivity index (χ2v) is 4.77. The zero-order valence-electron chi connectivity index (χ0n) is 9.84. The fourth-order valence-corrected chi connectivity index (χ4v) is 2.27. The van der Waals surface area contributed by atoms with Crippen LogP contribution in [-0.4, -0.2) is 26.8 Å². The van der Waals surface area contributed by atoms with Gasteiger partial charge in [-0.25, -0.2) is 4.98 Å². The highest BCUT2D eigenvalue weighted by Gasteiger charge is 1.98. The molecule has 0 saturated carbocycles. The van der Waals surface area contributed by atoms with Crippen LogP contribution < -0.4 is 5.32 Å². The lowest BCUT2D eigenvalue weighted by Crippen LogP contribution is -2.16. The topological polar surface area (TPSA) is 42.7 Å². The number of nitrogens with one attached hydrogen (secondary N) is 1. The first-order valence-electron chi connectivity index (χ1n) is 5.56. The molecule has 0 aliphatic heterocycles. The monoisotopic (exact) mass is 248 g/mol. The van der Waals surface area contributed by atoms with Gasteiger partial charge in [-0.05, 0) is 11.6 Å². The number of rotatable bonds is 6. The van der Waals surface area contributed by atoms with Crippen LogP contribution in [0.3, 0.4) is 0 Å². The first kappa shape index (κ1) is 12.1. The summed E-state index contributed by atoms with van der Waals surface area (Å²) in [5.74, 6) is 1.02. The third-order valence-electron chi connectivity index (χ3n) is 2.34. The number of hydrogen-bond acceptors (Lipinski definition) is 4. The van der Waals surface area contributed by atoms with E-state index in [1.165, 1.54) is 5.56 Å². The van der Waals surface area contributed by atoms with Gasteiger partial charge in [-0.3, -0.25) is 4.98 Å². The molecule has 0 spiro atoms. The molecule has 2 aromatic heterocycles. The van der Waals surface area contributed by atoms with Crippen molar-refractivity contribution in [1.29, 1.82) is 0 Å². The van der Waals surface area contributed by atoms with Crippen LogP contribution in [0.15, 0.2) is 42.1 Å². The summed E-state index contributed by atoms with van der Waals surface area (Å²) >= 11 is 1.76. The average molecular weight is 248 g/mol. The molecule has 90 valence electrons. The van der Waals surface area contributed by atoms with Crippen molar-refractivity contribution >= 4 is 11.8 Å². The quantitative estimate of drug-likeness (QED) is 0.624. The van der Waals surface area contributed by atoms with Crippen molar-refractivity contribution in [2.75, 3.05) is 12.3 Å². The Kier molecular flexibility index (Phi) is 4.58. The maximum absolute atomic E-state index is 4.26. The average Bonchev–Trinajstić information content (AvgIpc) is 2.76. The van der Waals surface area contributed by atoms with Crippen molar-refractivity contribution in [1.82, 2.24) is 19.9 Å². The predicted octanol–water partition coefficient (Wildman–Crippen LogP) is 1.70. The molecule has 0 radical (unpaired) electrons. The second kappa shape index (κ2) is 6.42. The van der Waals surface area contributed by atoms with E-state index in [0.717, 1.165) is 24.0 Å². The molecule has 17 heavy (non-hydrogen) atoms. The van der Waals surface area contributed by atoms with Gasteiger partial charge in [0.15, 0.2) is 5.16 Å². The van der Waals surface area contributed by atoms with Gasteiger partial charge < -0.3 is 9.88 Å². The summed E-state index contributed by atoms with van der Waals surface area (Å²) < 4.78 is 2.03. The smallest absolute Gasteiger partial charge is 0.167 e. The number of nitrogens with zero attached hydrogens (tertiary/aromatic N) is 3. The van der Waals surface area contributed by atoms with E-state index in [2.05, 4.69) is 21.4 Å². The Hall–Kier alpha value is -1.33. The third-order valence-corrected chi connectivity index (χ3v) is 3.40. The molecule has 2 heterocycles. The van der Waals surface area contributed by atoms with Crippen LogP contribution >= 0.6 is 11.8 Å². The fourth-order valence-electron chi connectivity index (χ4n) is 1.44. The van der Waals surface area contributed by atoms with E-state index in [-0.39, 0.29) is 0 Å². The van der Waals surface area contributed by atoms with Crippen LogP contribution in [0.4, 0.5) is 0 Å². The fraction of sp³-hybridized carbons (Fsp3) is 0.333. The number of aromatic nitrogens is 3. The molecule has 0 fully saturated rings. The van der Waals surface area contributed by atoms with Crippen molar-refractivity contribution in [2.24, 2.45) is 7.05 Å². The summed E-state index contributed by atoms with van der Waals surface area (Å²) in [5, 5.41) is 4.45. The summed E-state index contributed by atoms with van der Waals surface area (Å²) in [4.78, 5) is 8.34. The molecule has 0 unspecified atom stereocenters. The SMILES string of the molecule is Cn1ccnc1SCCNCc1cccnc1. The highest BCUT2D eigenvalue weighted by Crippen LogP contribution is 2.12. The summed E-state index contributed by atoms with van der Waals surface area (Å²) in [5.41, 5.74) is 1.22. The molecule has 0 saturated heterocycles. The van der Waals surface area contributed by atoms with Crippen LogP contribution in [0.1, 0.15) is 5.56 Å². The van der Waals surface area contributed by atoms with Crippen molar-refractivity contribution in [2.45, 2.75) is 11.7 Å². The number of thioether (sulfide) groups is 1. The van der Waals surface area contributed by atoms with E-state index >= 15 is 0 Å². The van der Waals surface area contributed by atoms with Gasteiger partial charge in [-0.2, -0.15) is 0 Å². The molecule has 0 amide bonds. The lowest BCUT2D eigenvalue weighted by molar-refractivity contribution is 0.726.